The molecule has 2 aromatic rings. The van der Waals surface area contributed by atoms with Gasteiger partial charge in [0.1, 0.15) is 5.75 Å². The van der Waals surface area contributed by atoms with Crippen molar-refractivity contribution in [1.82, 2.24) is 9.80 Å². The number of hydrogen-bond donors (Lipinski definition) is 0. The SMILES string of the molecule is O=C(COc1ccc2c(c1)CCC2)N1CCN(C(=O)c2ccco2)CC1. The zero-order valence-corrected chi connectivity index (χ0v) is 14.6. The van der Waals surface area contributed by atoms with Crippen LogP contribution in [0.2, 0.25) is 0 Å². The van der Waals surface area contributed by atoms with Crippen molar-refractivity contribution < 1.29 is 18.7 Å². The van der Waals surface area contributed by atoms with Crippen LogP contribution in [0.3, 0.4) is 0 Å². The lowest BCUT2D eigenvalue weighted by molar-refractivity contribution is -0.134. The summed E-state index contributed by atoms with van der Waals surface area (Å²) in [6, 6.07) is 9.45. The minimum absolute atomic E-state index is 0.0327. The molecule has 0 unspecified atom stereocenters. The van der Waals surface area contributed by atoms with Gasteiger partial charge < -0.3 is 19.0 Å². The number of furan rings is 1. The van der Waals surface area contributed by atoms with E-state index >= 15 is 0 Å². The smallest absolute Gasteiger partial charge is 0.289 e. The van der Waals surface area contributed by atoms with E-state index in [1.165, 1.54) is 23.8 Å². The fourth-order valence-electron chi connectivity index (χ4n) is 3.59. The maximum atomic E-state index is 12.4. The second-order valence-electron chi connectivity index (χ2n) is 6.72. The summed E-state index contributed by atoms with van der Waals surface area (Å²) >= 11 is 0. The number of benzene rings is 1. The largest absolute Gasteiger partial charge is 0.484 e. The molecule has 136 valence electrons. The number of carbonyl (C=O) groups is 2. The monoisotopic (exact) mass is 354 g/mol. The van der Waals surface area contributed by atoms with Crippen LogP contribution >= 0.6 is 0 Å². The molecule has 1 saturated heterocycles. The molecular weight excluding hydrogens is 332 g/mol. The van der Waals surface area contributed by atoms with Gasteiger partial charge in [0.15, 0.2) is 12.4 Å². The third kappa shape index (κ3) is 3.45. The molecule has 1 aromatic heterocycles. The van der Waals surface area contributed by atoms with Crippen LogP contribution < -0.4 is 4.74 Å². The van der Waals surface area contributed by atoms with Gasteiger partial charge in [-0.1, -0.05) is 6.07 Å². The van der Waals surface area contributed by atoms with Crippen LogP contribution in [0.25, 0.3) is 0 Å². The second kappa shape index (κ2) is 7.23. The van der Waals surface area contributed by atoms with Crippen molar-refractivity contribution in [3.05, 3.63) is 53.5 Å². The lowest BCUT2D eigenvalue weighted by Crippen LogP contribution is -2.51. The highest BCUT2D eigenvalue weighted by Gasteiger charge is 2.26. The van der Waals surface area contributed by atoms with Crippen molar-refractivity contribution in [3.8, 4) is 5.75 Å². The maximum Gasteiger partial charge on any atom is 0.289 e. The minimum atomic E-state index is -0.128. The fraction of sp³-hybridized carbons (Fsp3) is 0.400. The van der Waals surface area contributed by atoms with Gasteiger partial charge >= 0.3 is 0 Å². The van der Waals surface area contributed by atoms with E-state index < -0.39 is 0 Å². The summed E-state index contributed by atoms with van der Waals surface area (Å²) in [6.45, 7) is 2.07. The molecule has 0 saturated carbocycles. The highest BCUT2D eigenvalue weighted by atomic mass is 16.5. The molecule has 0 N–H and O–H groups in total. The van der Waals surface area contributed by atoms with Crippen LogP contribution in [0.5, 0.6) is 5.75 Å². The predicted molar refractivity (Wildman–Crippen MR) is 95.2 cm³/mol. The lowest BCUT2D eigenvalue weighted by atomic mass is 10.1. The molecule has 2 aliphatic rings. The Hall–Kier alpha value is -2.76. The molecule has 6 nitrogen and oxygen atoms in total. The number of amides is 2. The molecule has 6 heteroatoms. The molecular formula is C20H22N2O4. The molecule has 0 atom stereocenters. The maximum absolute atomic E-state index is 12.4. The Morgan fingerprint density at radius 3 is 2.54 bits per heavy atom. The van der Waals surface area contributed by atoms with E-state index in [2.05, 4.69) is 12.1 Å². The molecule has 2 amide bonds. The summed E-state index contributed by atoms with van der Waals surface area (Å²) in [7, 11) is 0. The van der Waals surface area contributed by atoms with Gasteiger partial charge in [-0.05, 0) is 54.7 Å². The molecule has 1 aliphatic carbocycles. The van der Waals surface area contributed by atoms with E-state index in [0.29, 0.717) is 31.9 Å². The average Bonchev–Trinajstić information content (AvgIpc) is 3.37. The van der Waals surface area contributed by atoms with E-state index in [4.69, 9.17) is 9.15 Å². The predicted octanol–water partition coefficient (Wildman–Crippen LogP) is 2.13. The van der Waals surface area contributed by atoms with Gasteiger partial charge in [-0.15, -0.1) is 0 Å². The Morgan fingerprint density at radius 2 is 1.77 bits per heavy atom. The van der Waals surface area contributed by atoms with Crippen molar-refractivity contribution in [1.29, 1.82) is 0 Å². The number of piperazine rings is 1. The first-order chi connectivity index (χ1) is 12.7. The van der Waals surface area contributed by atoms with Crippen LogP contribution in [-0.2, 0) is 17.6 Å². The van der Waals surface area contributed by atoms with Gasteiger partial charge in [0, 0.05) is 26.2 Å². The van der Waals surface area contributed by atoms with Crippen molar-refractivity contribution in [2.75, 3.05) is 32.8 Å². The summed E-state index contributed by atoms with van der Waals surface area (Å²) in [5.41, 5.74) is 2.72. The van der Waals surface area contributed by atoms with Gasteiger partial charge in [-0.25, -0.2) is 0 Å². The molecule has 0 spiro atoms. The number of rotatable bonds is 4. The first-order valence-electron chi connectivity index (χ1n) is 9.06. The van der Waals surface area contributed by atoms with Crippen LogP contribution in [0.4, 0.5) is 0 Å². The normalized spacial score (nSPS) is 16.5. The number of hydrogen-bond acceptors (Lipinski definition) is 4. The van der Waals surface area contributed by atoms with Crippen molar-refractivity contribution >= 4 is 11.8 Å². The number of fused-ring (bicyclic) bond motifs is 1. The number of carbonyl (C=O) groups excluding carboxylic acids is 2. The van der Waals surface area contributed by atoms with E-state index in [0.717, 1.165) is 18.6 Å². The molecule has 1 aromatic carbocycles. The molecule has 1 aliphatic heterocycles. The van der Waals surface area contributed by atoms with Crippen LogP contribution in [0.15, 0.2) is 41.0 Å². The Labute approximate surface area is 152 Å². The Balaban J connectivity index is 1.26. The highest BCUT2D eigenvalue weighted by Crippen LogP contribution is 2.26. The summed E-state index contributed by atoms with van der Waals surface area (Å²) < 4.78 is 10.8. The van der Waals surface area contributed by atoms with Crippen LogP contribution in [0.1, 0.15) is 28.1 Å². The Morgan fingerprint density at radius 1 is 1.00 bits per heavy atom. The minimum Gasteiger partial charge on any atom is -0.484 e. The molecule has 0 radical (unpaired) electrons. The highest BCUT2D eigenvalue weighted by molar-refractivity contribution is 5.91. The van der Waals surface area contributed by atoms with Gasteiger partial charge in [-0.3, -0.25) is 9.59 Å². The Kier molecular flexibility index (Phi) is 4.65. The lowest BCUT2D eigenvalue weighted by Gasteiger charge is -2.34. The summed E-state index contributed by atoms with van der Waals surface area (Å²) in [5, 5.41) is 0. The molecule has 4 rings (SSSR count). The Bertz CT molecular complexity index is 792. The number of ether oxygens (including phenoxy) is 1. The number of nitrogens with zero attached hydrogens (tertiary/aromatic N) is 2. The van der Waals surface area contributed by atoms with E-state index in [1.54, 1.807) is 21.9 Å². The van der Waals surface area contributed by atoms with Crippen molar-refractivity contribution in [3.63, 3.8) is 0 Å². The summed E-state index contributed by atoms with van der Waals surface area (Å²) in [5.74, 6) is 0.919. The van der Waals surface area contributed by atoms with E-state index in [-0.39, 0.29) is 18.4 Å². The van der Waals surface area contributed by atoms with Crippen molar-refractivity contribution in [2.24, 2.45) is 0 Å². The van der Waals surface area contributed by atoms with Gasteiger partial charge in [0.2, 0.25) is 0 Å². The van der Waals surface area contributed by atoms with E-state index in [9.17, 15) is 9.59 Å². The van der Waals surface area contributed by atoms with Crippen LogP contribution in [0, 0.1) is 0 Å². The molecule has 2 heterocycles. The van der Waals surface area contributed by atoms with Gasteiger partial charge in [0.05, 0.1) is 6.26 Å². The average molecular weight is 354 g/mol. The first-order valence-corrected chi connectivity index (χ1v) is 9.06. The topological polar surface area (TPSA) is 63.0 Å². The zero-order valence-electron chi connectivity index (χ0n) is 14.6. The van der Waals surface area contributed by atoms with Gasteiger partial charge in [-0.2, -0.15) is 0 Å². The second-order valence-corrected chi connectivity index (χ2v) is 6.72. The van der Waals surface area contributed by atoms with Gasteiger partial charge in [0.25, 0.3) is 11.8 Å². The fourth-order valence-corrected chi connectivity index (χ4v) is 3.59. The van der Waals surface area contributed by atoms with E-state index in [1.807, 2.05) is 6.07 Å². The summed E-state index contributed by atoms with van der Waals surface area (Å²) in [6.07, 6.45) is 4.91. The number of aryl methyl sites for hydroxylation is 2. The van der Waals surface area contributed by atoms with Crippen LogP contribution in [-0.4, -0.2) is 54.4 Å². The summed E-state index contributed by atoms with van der Waals surface area (Å²) in [4.78, 5) is 28.1. The third-order valence-electron chi connectivity index (χ3n) is 5.08. The first kappa shape index (κ1) is 16.7. The molecule has 0 bridgehead atoms. The third-order valence-corrected chi connectivity index (χ3v) is 5.08. The molecule has 26 heavy (non-hydrogen) atoms. The quantitative estimate of drug-likeness (QED) is 0.844. The standard InChI is InChI=1S/C20H22N2O4/c23-19(14-26-17-7-6-15-3-1-4-16(15)13-17)21-8-10-22(11-9-21)20(24)18-5-2-12-25-18/h2,5-7,12-13H,1,3-4,8-11,14H2. The van der Waals surface area contributed by atoms with Crippen molar-refractivity contribution in [2.45, 2.75) is 19.3 Å². The molecule has 1 fully saturated rings. The zero-order chi connectivity index (χ0) is 17.9.